The van der Waals surface area contributed by atoms with Crippen LogP contribution in [0.15, 0.2) is 54.1 Å². The van der Waals surface area contributed by atoms with E-state index < -0.39 is 17.7 Å². The van der Waals surface area contributed by atoms with Crippen molar-refractivity contribution in [1.29, 1.82) is 5.26 Å². The number of benzene rings is 2. The minimum absolute atomic E-state index is 0.130. The van der Waals surface area contributed by atoms with E-state index in [0.717, 1.165) is 17.7 Å². The van der Waals surface area contributed by atoms with Crippen LogP contribution in [0.2, 0.25) is 0 Å². The Balaban J connectivity index is 1.88. The Morgan fingerprint density at radius 3 is 2.43 bits per heavy atom. The zero-order valence-corrected chi connectivity index (χ0v) is 20.5. The van der Waals surface area contributed by atoms with Gasteiger partial charge in [-0.05, 0) is 54.8 Å². The van der Waals surface area contributed by atoms with Gasteiger partial charge in [-0.15, -0.1) is 11.3 Å². The van der Waals surface area contributed by atoms with Crippen LogP contribution in [-0.4, -0.2) is 25.6 Å². The van der Waals surface area contributed by atoms with Crippen molar-refractivity contribution in [2.75, 3.05) is 19.0 Å². The van der Waals surface area contributed by atoms with Gasteiger partial charge in [0, 0.05) is 10.4 Å². The average Bonchev–Trinajstić information content (AvgIpc) is 3.18. The lowest BCUT2D eigenvalue weighted by molar-refractivity contribution is -0.112. The van der Waals surface area contributed by atoms with Gasteiger partial charge < -0.3 is 14.8 Å². The number of halogens is 1. The number of ether oxygens (including phenoxy) is 2. The number of thiophene rings is 1. The van der Waals surface area contributed by atoms with Crippen molar-refractivity contribution in [3.63, 3.8) is 0 Å². The highest BCUT2D eigenvalue weighted by atomic mass is 32.1. The smallest absolute Gasteiger partial charge is 0.341 e. The number of nitrogens with zero attached hydrogens (tertiary/aromatic N) is 1. The minimum atomic E-state index is -0.659. The highest BCUT2D eigenvalue weighted by Crippen LogP contribution is 2.40. The summed E-state index contributed by atoms with van der Waals surface area (Å²) in [7, 11) is 1.24. The fourth-order valence-corrected chi connectivity index (χ4v) is 4.43. The molecule has 0 spiro atoms. The van der Waals surface area contributed by atoms with Crippen molar-refractivity contribution >= 4 is 34.3 Å². The second kappa shape index (κ2) is 12.0. The van der Waals surface area contributed by atoms with E-state index in [0.29, 0.717) is 29.0 Å². The first-order valence-electron chi connectivity index (χ1n) is 11.0. The number of methoxy groups -OCH3 is 1. The molecular formula is C27H25FN2O4S. The summed E-state index contributed by atoms with van der Waals surface area (Å²) in [5.74, 6) is -0.999. The lowest BCUT2D eigenvalue weighted by atomic mass is 10.0. The summed E-state index contributed by atoms with van der Waals surface area (Å²) in [6.45, 7) is 4.50. The average molecular weight is 493 g/mol. The number of aryl methyl sites for hydroxylation is 1. The molecule has 1 heterocycles. The number of nitriles is 1. The predicted molar refractivity (Wildman–Crippen MR) is 135 cm³/mol. The SMILES string of the molecule is CCCCOc1ccc(/C=C(\C#N)C(=O)Nc2sc(C)c(-c3ccc(F)cc3)c2C(=O)OC)cc1. The molecule has 35 heavy (non-hydrogen) atoms. The molecule has 0 aliphatic heterocycles. The van der Waals surface area contributed by atoms with E-state index in [2.05, 4.69) is 12.2 Å². The van der Waals surface area contributed by atoms with Gasteiger partial charge in [0.1, 0.15) is 33.8 Å². The van der Waals surface area contributed by atoms with Gasteiger partial charge in [0.05, 0.1) is 13.7 Å². The van der Waals surface area contributed by atoms with Crippen molar-refractivity contribution in [1.82, 2.24) is 0 Å². The number of hydrogen-bond donors (Lipinski definition) is 1. The molecule has 180 valence electrons. The number of carbonyl (C=O) groups is 2. The minimum Gasteiger partial charge on any atom is -0.494 e. The number of amides is 1. The lowest BCUT2D eigenvalue weighted by Crippen LogP contribution is -2.15. The maximum Gasteiger partial charge on any atom is 0.341 e. The van der Waals surface area contributed by atoms with Crippen LogP contribution in [0.4, 0.5) is 9.39 Å². The van der Waals surface area contributed by atoms with E-state index >= 15 is 0 Å². The monoisotopic (exact) mass is 492 g/mol. The van der Waals surface area contributed by atoms with Crippen LogP contribution < -0.4 is 10.1 Å². The summed E-state index contributed by atoms with van der Waals surface area (Å²) in [4.78, 5) is 26.3. The second-order valence-corrected chi connectivity index (χ2v) is 8.86. The number of anilines is 1. The molecule has 1 aromatic heterocycles. The van der Waals surface area contributed by atoms with Crippen molar-refractivity contribution < 1.29 is 23.5 Å². The first kappa shape index (κ1) is 25.7. The van der Waals surface area contributed by atoms with Crippen LogP contribution in [0.5, 0.6) is 5.75 Å². The first-order valence-corrected chi connectivity index (χ1v) is 11.8. The molecule has 0 unspecified atom stereocenters. The number of carbonyl (C=O) groups excluding carboxylic acids is 2. The van der Waals surface area contributed by atoms with Gasteiger partial charge in [-0.3, -0.25) is 4.79 Å². The Kier molecular flexibility index (Phi) is 8.76. The molecule has 2 aromatic carbocycles. The van der Waals surface area contributed by atoms with Crippen LogP contribution >= 0.6 is 11.3 Å². The summed E-state index contributed by atoms with van der Waals surface area (Å²) < 4.78 is 24.0. The van der Waals surface area contributed by atoms with Crippen LogP contribution in [0.3, 0.4) is 0 Å². The van der Waals surface area contributed by atoms with Gasteiger partial charge >= 0.3 is 5.97 Å². The summed E-state index contributed by atoms with van der Waals surface area (Å²) in [6, 6.07) is 14.7. The molecule has 6 nitrogen and oxygen atoms in total. The molecule has 1 amide bonds. The van der Waals surface area contributed by atoms with E-state index in [4.69, 9.17) is 9.47 Å². The number of unbranched alkanes of at least 4 members (excludes halogenated alkanes) is 1. The number of rotatable bonds is 9. The quantitative estimate of drug-likeness (QED) is 0.162. The topological polar surface area (TPSA) is 88.4 Å². The van der Waals surface area contributed by atoms with Crippen molar-refractivity contribution in [2.24, 2.45) is 0 Å². The van der Waals surface area contributed by atoms with E-state index in [-0.39, 0.29) is 16.1 Å². The fraction of sp³-hybridized carbons (Fsp3) is 0.222. The molecule has 0 radical (unpaired) electrons. The molecular weight excluding hydrogens is 467 g/mol. The number of hydrogen-bond acceptors (Lipinski definition) is 6. The Morgan fingerprint density at radius 1 is 1.14 bits per heavy atom. The van der Waals surface area contributed by atoms with Crippen LogP contribution in [-0.2, 0) is 9.53 Å². The molecule has 1 N–H and O–H groups in total. The third-order valence-electron chi connectivity index (χ3n) is 5.16. The third kappa shape index (κ3) is 6.34. The Hall–Kier alpha value is -3.96. The maximum atomic E-state index is 13.4. The molecule has 0 bridgehead atoms. The van der Waals surface area contributed by atoms with Gasteiger partial charge in [-0.25, -0.2) is 9.18 Å². The maximum absolute atomic E-state index is 13.4. The van der Waals surface area contributed by atoms with Gasteiger partial charge in [0.15, 0.2) is 0 Å². The Morgan fingerprint density at radius 2 is 1.83 bits per heavy atom. The van der Waals surface area contributed by atoms with E-state index in [1.165, 1.54) is 36.7 Å². The second-order valence-electron chi connectivity index (χ2n) is 7.63. The lowest BCUT2D eigenvalue weighted by Gasteiger charge is -2.08. The Bertz CT molecular complexity index is 1270. The zero-order chi connectivity index (χ0) is 25.4. The molecule has 0 aliphatic carbocycles. The molecule has 0 aliphatic rings. The van der Waals surface area contributed by atoms with Gasteiger partial charge in [-0.2, -0.15) is 5.26 Å². The largest absolute Gasteiger partial charge is 0.494 e. The predicted octanol–water partition coefficient (Wildman–Crippen LogP) is 6.37. The molecule has 0 saturated heterocycles. The molecule has 0 saturated carbocycles. The molecule has 0 atom stereocenters. The summed E-state index contributed by atoms with van der Waals surface area (Å²) in [6.07, 6.45) is 3.46. The number of esters is 1. The number of nitrogens with one attached hydrogen (secondary N) is 1. The van der Waals surface area contributed by atoms with E-state index in [9.17, 15) is 19.2 Å². The highest BCUT2D eigenvalue weighted by molar-refractivity contribution is 7.17. The summed E-state index contributed by atoms with van der Waals surface area (Å²) >= 11 is 1.18. The normalized spacial score (nSPS) is 11.0. The summed E-state index contributed by atoms with van der Waals surface area (Å²) in [5, 5.41) is 12.5. The van der Waals surface area contributed by atoms with Gasteiger partial charge in [0.25, 0.3) is 5.91 Å². The van der Waals surface area contributed by atoms with Gasteiger partial charge in [0.2, 0.25) is 0 Å². The summed E-state index contributed by atoms with van der Waals surface area (Å²) in [5.41, 5.74) is 1.83. The molecule has 3 rings (SSSR count). The van der Waals surface area contributed by atoms with E-state index in [1.807, 2.05) is 6.07 Å². The fourth-order valence-electron chi connectivity index (χ4n) is 3.37. The van der Waals surface area contributed by atoms with E-state index in [1.54, 1.807) is 43.3 Å². The molecule has 3 aromatic rings. The standard InChI is InChI=1S/C27H25FN2O4S/c1-4-5-14-34-22-12-6-18(7-13-22)15-20(16-29)25(31)30-26-24(27(32)33-3)23(17(2)35-26)19-8-10-21(28)11-9-19/h6-13,15H,4-5,14H2,1-3H3,(H,30,31)/b20-15+. The van der Waals surface area contributed by atoms with Crippen LogP contribution in [0, 0.1) is 24.1 Å². The molecule has 0 fully saturated rings. The molecule has 8 heteroatoms. The zero-order valence-electron chi connectivity index (χ0n) is 19.7. The van der Waals surface area contributed by atoms with Crippen molar-refractivity contribution in [3.8, 4) is 22.9 Å². The van der Waals surface area contributed by atoms with Crippen LogP contribution in [0.25, 0.3) is 17.2 Å². The first-order chi connectivity index (χ1) is 16.9. The highest BCUT2D eigenvalue weighted by Gasteiger charge is 2.26. The van der Waals surface area contributed by atoms with Crippen molar-refractivity contribution in [2.45, 2.75) is 26.7 Å². The third-order valence-corrected chi connectivity index (χ3v) is 6.18. The van der Waals surface area contributed by atoms with Gasteiger partial charge in [-0.1, -0.05) is 37.6 Å². The Labute approximate surface area is 207 Å². The van der Waals surface area contributed by atoms with Crippen LogP contribution in [0.1, 0.15) is 40.6 Å². The van der Waals surface area contributed by atoms with Crippen molar-refractivity contribution in [3.05, 3.63) is 75.9 Å².